The van der Waals surface area contributed by atoms with Gasteiger partial charge in [-0.15, -0.1) is 0 Å². The zero-order chi connectivity index (χ0) is 11.5. The van der Waals surface area contributed by atoms with Gasteiger partial charge in [-0.3, -0.25) is 4.79 Å². The molecule has 0 fully saturated rings. The second-order valence-electron chi connectivity index (χ2n) is 3.39. The molecule has 82 valence electrons. The van der Waals surface area contributed by atoms with Crippen LogP contribution in [-0.4, -0.2) is 16.2 Å². The van der Waals surface area contributed by atoms with E-state index in [0.717, 1.165) is 5.56 Å². The summed E-state index contributed by atoms with van der Waals surface area (Å²) in [6, 6.07) is 8.06. The van der Waals surface area contributed by atoms with E-state index in [1.807, 2.05) is 0 Å². The van der Waals surface area contributed by atoms with Gasteiger partial charge >= 0.3 is 5.97 Å². The Bertz CT molecular complexity index is 496. The van der Waals surface area contributed by atoms with Gasteiger partial charge in [0.1, 0.15) is 11.5 Å². The van der Waals surface area contributed by atoms with E-state index in [0.29, 0.717) is 11.3 Å². The van der Waals surface area contributed by atoms with Gasteiger partial charge in [-0.2, -0.15) is 0 Å². The molecular weight excluding hydrogens is 208 g/mol. The highest BCUT2D eigenvalue weighted by atomic mass is 16.4. The largest absolute Gasteiger partial charge is 0.508 e. The number of furan rings is 1. The molecule has 0 unspecified atom stereocenters. The number of carboxylic acids is 1. The normalized spacial score (nSPS) is 10.2. The van der Waals surface area contributed by atoms with Crippen molar-refractivity contribution in [2.45, 2.75) is 6.42 Å². The molecule has 0 aliphatic heterocycles. The summed E-state index contributed by atoms with van der Waals surface area (Å²) < 4.78 is 5.25. The predicted octanol–water partition coefficient (Wildman–Crippen LogP) is 2.28. The third-order valence-corrected chi connectivity index (χ3v) is 2.22. The summed E-state index contributed by atoms with van der Waals surface area (Å²) >= 11 is 0. The molecule has 2 aromatic rings. The zero-order valence-corrected chi connectivity index (χ0v) is 8.38. The van der Waals surface area contributed by atoms with Crippen LogP contribution in [0.1, 0.15) is 5.56 Å². The van der Waals surface area contributed by atoms with Crippen LogP contribution >= 0.6 is 0 Å². The molecule has 0 amide bonds. The highest BCUT2D eigenvalue weighted by Crippen LogP contribution is 2.26. The second kappa shape index (κ2) is 4.10. The minimum atomic E-state index is -0.901. The topological polar surface area (TPSA) is 70.7 Å². The molecule has 4 heteroatoms. The Morgan fingerprint density at radius 2 is 1.88 bits per heavy atom. The molecular formula is C12H10O4. The lowest BCUT2D eigenvalue weighted by Gasteiger charge is -2.00. The number of hydrogen-bond donors (Lipinski definition) is 2. The Labute approximate surface area is 91.8 Å². The molecule has 4 nitrogen and oxygen atoms in total. The summed E-state index contributed by atoms with van der Waals surface area (Å²) in [7, 11) is 0. The van der Waals surface area contributed by atoms with E-state index in [2.05, 4.69) is 0 Å². The number of carboxylic acid groups (broad SMARTS) is 1. The van der Waals surface area contributed by atoms with Crippen LogP contribution in [0.2, 0.25) is 0 Å². The van der Waals surface area contributed by atoms with Crippen molar-refractivity contribution in [2.24, 2.45) is 0 Å². The van der Waals surface area contributed by atoms with E-state index in [9.17, 15) is 4.79 Å². The fourth-order valence-electron chi connectivity index (χ4n) is 1.50. The lowest BCUT2D eigenvalue weighted by atomic mass is 10.1. The van der Waals surface area contributed by atoms with Gasteiger partial charge < -0.3 is 14.6 Å². The maximum atomic E-state index is 10.6. The summed E-state index contributed by atoms with van der Waals surface area (Å²) in [4.78, 5) is 10.6. The summed E-state index contributed by atoms with van der Waals surface area (Å²) in [5.41, 5.74) is 1.37. The van der Waals surface area contributed by atoms with Crippen molar-refractivity contribution >= 4 is 5.97 Å². The SMILES string of the molecule is O=C(O)Cc1ccoc1-c1ccc(O)cc1. The van der Waals surface area contributed by atoms with Gasteiger partial charge in [0.2, 0.25) is 0 Å². The lowest BCUT2D eigenvalue weighted by Crippen LogP contribution is -1.99. The molecule has 0 spiro atoms. The number of benzene rings is 1. The standard InChI is InChI=1S/C12H10O4/c13-10-3-1-8(2-4-10)12-9(5-6-16-12)7-11(14)15/h1-6,13H,7H2,(H,14,15). The maximum Gasteiger partial charge on any atom is 0.307 e. The predicted molar refractivity (Wildman–Crippen MR) is 57.1 cm³/mol. The van der Waals surface area contributed by atoms with Gasteiger partial charge in [0.25, 0.3) is 0 Å². The summed E-state index contributed by atoms with van der Waals surface area (Å²) in [6.45, 7) is 0. The minimum Gasteiger partial charge on any atom is -0.508 e. The van der Waals surface area contributed by atoms with E-state index in [1.165, 1.54) is 18.4 Å². The lowest BCUT2D eigenvalue weighted by molar-refractivity contribution is -0.136. The van der Waals surface area contributed by atoms with Crippen LogP contribution in [-0.2, 0) is 11.2 Å². The van der Waals surface area contributed by atoms with Crippen LogP contribution in [0.5, 0.6) is 5.75 Å². The highest BCUT2D eigenvalue weighted by molar-refractivity contribution is 5.74. The van der Waals surface area contributed by atoms with Crippen molar-refractivity contribution in [2.75, 3.05) is 0 Å². The first-order chi connectivity index (χ1) is 7.66. The van der Waals surface area contributed by atoms with Crippen molar-refractivity contribution in [1.82, 2.24) is 0 Å². The van der Waals surface area contributed by atoms with E-state index >= 15 is 0 Å². The van der Waals surface area contributed by atoms with Crippen LogP contribution in [0.25, 0.3) is 11.3 Å². The van der Waals surface area contributed by atoms with Crippen molar-refractivity contribution in [1.29, 1.82) is 0 Å². The number of aromatic hydroxyl groups is 1. The first kappa shape index (κ1) is 10.3. The third kappa shape index (κ3) is 2.06. The zero-order valence-electron chi connectivity index (χ0n) is 8.38. The van der Waals surface area contributed by atoms with Crippen LogP contribution in [0.4, 0.5) is 0 Å². The van der Waals surface area contributed by atoms with Gasteiger partial charge in [0.15, 0.2) is 0 Å². The summed E-state index contributed by atoms with van der Waals surface area (Å²) in [6.07, 6.45) is 1.38. The molecule has 0 atom stereocenters. The third-order valence-electron chi connectivity index (χ3n) is 2.22. The highest BCUT2D eigenvalue weighted by Gasteiger charge is 2.11. The van der Waals surface area contributed by atoms with E-state index in [-0.39, 0.29) is 12.2 Å². The molecule has 1 aromatic heterocycles. The Kier molecular flexibility index (Phi) is 2.64. The number of rotatable bonds is 3. The van der Waals surface area contributed by atoms with Gasteiger partial charge in [-0.1, -0.05) is 0 Å². The second-order valence-corrected chi connectivity index (χ2v) is 3.39. The van der Waals surface area contributed by atoms with Crippen molar-refractivity contribution in [3.63, 3.8) is 0 Å². The molecule has 2 rings (SSSR count). The Hall–Kier alpha value is -2.23. The summed E-state index contributed by atoms with van der Waals surface area (Å²) in [5, 5.41) is 17.9. The van der Waals surface area contributed by atoms with Gasteiger partial charge in [0, 0.05) is 11.1 Å². The molecule has 0 bridgehead atoms. The monoisotopic (exact) mass is 218 g/mol. The Morgan fingerprint density at radius 3 is 2.50 bits per heavy atom. The number of aliphatic carboxylic acids is 1. The van der Waals surface area contributed by atoms with Crippen LogP contribution in [0.15, 0.2) is 41.0 Å². The van der Waals surface area contributed by atoms with Crippen LogP contribution < -0.4 is 0 Å². The number of hydrogen-bond acceptors (Lipinski definition) is 3. The Morgan fingerprint density at radius 1 is 1.19 bits per heavy atom. The minimum absolute atomic E-state index is 0.0767. The first-order valence-corrected chi connectivity index (χ1v) is 4.74. The molecule has 16 heavy (non-hydrogen) atoms. The molecule has 0 saturated heterocycles. The van der Waals surface area contributed by atoms with E-state index in [1.54, 1.807) is 18.2 Å². The quantitative estimate of drug-likeness (QED) is 0.829. The molecule has 0 aliphatic rings. The fraction of sp³-hybridized carbons (Fsp3) is 0.0833. The fourth-order valence-corrected chi connectivity index (χ4v) is 1.50. The van der Waals surface area contributed by atoms with E-state index in [4.69, 9.17) is 14.6 Å². The molecule has 1 heterocycles. The smallest absolute Gasteiger partial charge is 0.307 e. The average molecular weight is 218 g/mol. The van der Waals surface area contributed by atoms with Gasteiger partial charge in [-0.05, 0) is 30.3 Å². The van der Waals surface area contributed by atoms with Crippen molar-refractivity contribution in [3.05, 3.63) is 42.2 Å². The van der Waals surface area contributed by atoms with Crippen molar-refractivity contribution < 1.29 is 19.4 Å². The molecule has 0 radical (unpaired) electrons. The van der Waals surface area contributed by atoms with Crippen molar-refractivity contribution in [3.8, 4) is 17.1 Å². The molecule has 1 aromatic carbocycles. The Balaban J connectivity index is 2.36. The number of phenolic OH excluding ortho intramolecular Hbond substituents is 1. The maximum absolute atomic E-state index is 10.6. The molecule has 0 saturated carbocycles. The van der Waals surface area contributed by atoms with Gasteiger partial charge in [-0.25, -0.2) is 0 Å². The first-order valence-electron chi connectivity index (χ1n) is 4.74. The van der Waals surface area contributed by atoms with E-state index < -0.39 is 5.97 Å². The summed E-state index contributed by atoms with van der Waals surface area (Å²) in [5.74, 6) is -0.209. The van der Waals surface area contributed by atoms with Crippen LogP contribution in [0.3, 0.4) is 0 Å². The molecule has 0 aliphatic carbocycles. The average Bonchev–Trinajstić information content (AvgIpc) is 2.66. The number of phenols is 1. The molecule has 2 N–H and O–H groups in total. The number of carbonyl (C=O) groups is 1. The van der Waals surface area contributed by atoms with Crippen LogP contribution in [0, 0.1) is 0 Å². The van der Waals surface area contributed by atoms with Gasteiger partial charge in [0.05, 0.1) is 12.7 Å².